The molecule has 182 valence electrons. The van der Waals surface area contributed by atoms with Gasteiger partial charge in [0.1, 0.15) is 0 Å². The first-order chi connectivity index (χ1) is 15.5. The van der Waals surface area contributed by atoms with Gasteiger partial charge in [0.25, 0.3) is 0 Å². The maximum Gasteiger partial charge on any atom is 0.471 e. The molecule has 0 atom stereocenters. The van der Waals surface area contributed by atoms with Crippen LogP contribution < -0.4 is 5.32 Å². The molecule has 2 rings (SSSR count). The summed E-state index contributed by atoms with van der Waals surface area (Å²) in [6.45, 7) is 1.99. The fourth-order valence-electron chi connectivity index (χ4n) is 3.35. The summed E-state index contributed by atoms with van der Waals surface area (Å²) < 4.78 is 39.4. The Labute approximate surface area is 190 Å². The number of alkyl halides is 3. The molecular formula is C21H28F3N5O4. The van der Waals surface area contributed by atoms with Crippen LogP contribution in [0.5, 0.6) is 0 Å². The second-order valence-corrected chi connectivity index (χ2v) is 7.59. The predicted octanol–water partition coefficient (Wildman–Crippen LogP) is 1.62. The number of hydrogen-bond acceptors (Lipinski definition) is 4. The van der Waals surface area contributed by atoms with Crippen LogP contribution in [-0.4, -0.2) is 102 Å². The number of para-hydroxylation sites is 1. The van der Waals surface area contributed by atoms with Crippen molar-refractivity contribution >= 4 is 29.4 Å². The largest absolute Gasteiger partial charge is 0.471 e. The van der Waals surface area contributed by atoms with Crippen LogP contribution >= 0.6 is 0 Å². The summed E-state index contributed by atoms with van der Waals surface area (Å²) in [5, 5.41) is 2.67. The van der Waals surface area contributed by atoms with Crippen LogP contribution in [0.3, 0.4) is 0 Å². The van der Waals surface area contributed by atoms with Crippen molar-refractivity contribution in [3.05, 3.63) is 30.3 Å². The van der Waals surface area contributed by atoms with E-state index in [1.807, 2.05) is 0 Å². The van der Waals surface area contributed by atoms with E-state index in [1.165, 1.54) is 28.5 Å². The molecule has 1 aromatic carbocycles. The lowest BCUT2D eigenvalue weighted by molar-refractivity contribution is -0.185. The quantitative estimate of drug-likeness (QED) is 0.674. The van der Waals surface area contributed by atoms with Crippen molar-refractivity contribution in [1.82, 2.24) is 19.6 Å². The van der Waals surface area contributed by atoms with Gasteiger partial charge in [0.2, 0.25) is 11.8 Å². The molecule has 0 aliphatic carbocycles. The second kappa shape index (κ2) is 11.5. The van der Waals surface area contributed by atoms with Crippen molar-refractivity contribution in [2.45, 2.75) is 20.0 Å². The molecule has 33 heavy (non-hydrogen) atoms. The molecule has 5 amide bonds. The molecule has 0 radical (unpaired) electrons. The Morgan fingerprint density at radius 1 is 0.697 bits per heavy atom. The highest BCUT2D eigenvalue weighted by molar-refractivity contribution is 5.89. The lowest BCUT2D eigenvalue weighted by Crippen LogP contribution is -2.52. The van der Waals surface area contributed by atoms with E-state index in [9.17, 15) is 32.3 Å². The van der Waals surface area contributed by atoms with Crippen LogP contribution in [0.15, 0.2) is 30.3 Å². The maximum absolute atomic E-state index is 13.1. The van der Waals surface area contributed by atoms with Crippen LogP contribution in [0.2, 0.25) is 0 Å². The first-order valence-corrected chi connectivity index (χ1v) is 10.5. The Morgan fingerprint density at radius 3 is 1.48 bits per heavy atom. The van der Waals surface area contributed by atoms with Crippen molar-refractivity contribution in [1.29, 1.82) is 0 Å². The van der Waals surface area contributed by atoms with Gasteiger partial charge in [-0.1, -0.05) is 18.2 Å². The highest BCUT2D eigenvalue weighted by atomic mass is 19.4. The second-order valence-electron chi connectivity index (χ2n) is 7.59. The topological polar surface area (TPSA) is 93.3 Å². The molecule has 1 fully saturated rings. The van der Waals surface area contributed by atoms with E-state index in [2.05, 4.69) is 5.32 Å². The molecule has 0 bridgehead atoms. The number of carbonyl (C=O) groups excluding carboxylic acids is 4. The average molecular weight is 471 g/mol. The average Bonchev–Trinajstić information content (AvgIpc) is 2.73. The molecule has 0 aromatic heterocycles. The molecule has 12 heteroatoms. The zero-order valence-electron chi connectivity index (χ0n) is 18.6. The highest BCUT2D eigenvalue weighted by Gasteiger charge is 2.42. The van der Waals surface area contributed by atoms with E-state index in [4.69, 9.17) is 0 Å². The normalized spacial score (nSPS) is 16.5. The van der Waals surface area contributed by atoms with Gasteiger partial charge in [0.15, 0.2) is 0 Å². The SMILES string of the molecule is CC(=O)N1CCN(C(C)=O)CCN(C(=O)C(F)(F)F)CCN(C(=O)Nc2ccccc2)CC1. The number of urea groups is 1. The van der Waals surface area contributed by atoms with E-state index in [0.29, 0.717) is 10.6 Å². The number of amides is 5. The summed E-state index contributed by atoms with van der Waals surface area (Å²) in [7, 11) is 0. The maximum atomic E-state index is 13.1. The van der Waals surface area contributed by atoms with Gasteiger partial charge in [-0.2, -0.15) is 13.2 Å². The van der Waals surface area contributed by atoms with Gasteiger partial charge in [0.05, 0.1) is 0 Å². The smallest absolute Gasteiger partial charge is 0.339 e. The lowest BCUT2D eigenvalue weighted by atomic mass is 10.3. The number of nitrogens with one attached hydrogen (secondary N) is 1. The van der Waals surface area contributed by atoms with Crippen LogP contribution in [0.25, 0.3) is 0 Å². The number of carbonyl (C=O) groups is 4. The summed E-state index contributed by atoms with van der Waals surface area (Å²) in [4.78, 5) is 53.3. The lowest BCUT2D eigenvalue weighted by Gasteiger charge is -2.34. The van der Waals surface area contributed by atoms with Crippen LogP contribution in [0.1, 0.15) is 13.8 Å². The summed E-state index contributed by atoms with van der Waals surface area (Å²) in [5.74, 6) is -2.66. The molecule has 1 aliphatic heterocycles. The number of anilines is 1. The molecule has 0 unspecified atom stereocenters. The van der Waals surface area contributed by atoms with Crippen molar-refractivity contribution in [3.63, 3.8) is 0 Å². The van der Waals surface area contributed by atoms with Gasteiger partial charge in [0, 0.05) is 71.9 Å². The van der Waals surface area contributed by atoms with E-state index in [-0.39, 0.29) is 64.2 Å². The van der Waals surface area contributed by atoms with Gasteiger partial charge in [-0.3, -0.25) is 14.4 Å². The minimum absolute atomic E-state index is 0.0341. The molecule has 0 saturated carbocycles. The van der Waals surface area contributed by atoms with Crippen molar-refractivity contribution in [2.75, 3.05) is 57.7 Å². The zero-order valence-corrected chi connectivity index (χ0v) is 18.6. The summed E-state index contributed by atoms with van der Waals surface area (Å²) >= 11 is 0. The van der Waals surface area contributed by atoms with Crippen molar-refractivity contribution < 1.29 is 32.3 Å². The van der Waals surface area contributed by atoms with E-state index >= 15 is 0 Å². The zero-order chi connectivity index (χ0) is 24.6. The fraction of sp³-hybridized carbons (Fsp3) is 0.524. The Balaban J connectivity index is 2.25. The Hall–Kier alpha value is -3.31. The highest BCUT2D eigenvalue weighted by Crippen LogP contribution is 2.19. The van der Waals surface area contributed by atoms with Crippen LogP contribution in [-0.2, 0) is 14.4 Å². The van der Waals surface area contributed by atoms with Gasteiger partial charge in [-0.15, -0.1) is 0 Å². The minimum Gasteiger partial charge on any atom is -0.339 e. The van der Waals surface area contributed by atoms with E-state index in [1.54, 1.807) is 30.3 Å². The third-order valence-electron chi connectivity index (χ3n) is 5.29. The van der Waals surface area contributed by atoms with Gasteiger partial charge < -0.3 is 24.9 Å². The molecule has 0 spiro atoms. The first-order valence-electron chi connectivity index (χ1n) is 10.5. The Bertz CT molecular complexity index is 850. The third-order valence-corrected chi connectivity index (χ3v) is 5.29. The molecule has 1 aromatic rings. The molecule has 1 aliphatic rings. The molecule has 1 N–H and O–H groups in total. The van der Waals surface area contributed by atoms with Crippen molar-refractivity contribution in [2.24, 2.45) is 0 Å². The molecule has 1 saturated heterocycles. The minimum atomic E-state index is -5.08. The first kappa shape index (κ1) is 25.9. The van der Waals surface area contributed by atoms with Gasteiger partial charge in [-0.25, -0.2) is 4.79 Å². The van der Waals surface area contributed by atoms with Gasteiger partial charge in [-0.05, 0) is 12.1 Å². The number of benzene rings is 1. The van der Waals surface area contributed by atoms with Crippen molar-refractivity contribution in [3.8, 4) is 0 Å². The van der Waals surface area contributed by atoms with Gasteiger partial charge >= 0.3 is 18.1 Å². The number of hydrogen-bond donors (Lipinski definition) is 1. The molecular weight excluding hydrogens is 443 g/mol. The summed E-state index contributed by atoms with van der Waals surface area (Å²) in [6.07, 6.45) is -5.08. The van der Waals surface area contributed by atoms with E-state index < -0.39 is 18.1 Å². The number of rotatable bonds is 1. The number of nitrogens with zero attached hydrogens (tertiary/aromatic N) is 4. The number of halogens is 3. The monoisotopic (exact) mass is 471 g/mol. The third kappa shape index (κ3) is 7.95. The molecule has 1 heterocycles. The summed E-state index contributed by atoms with van der Waals surface area (Å²) in [5.41, 5.74) is 0.498. The van der Waals surface area contributed by atoms with Crippen LogP contribution in [0, 0.1) is 0 Å². The predicted molar refractivity (Wildman–Crippen MR) is 114 cm³/mol. The summed E-state index contributed by atoms with van der Waals surface area (Å²) in [6, 6.07) is 7.95. The standard InChI is InChI=1S/C21H28F3N5O4/c1-16(30)26-8-9-27(17(2)31)11-14-29(20(33)25-18-6-4-3-5-7-18)15-13-28(12-10-26)19(32)21(22,23)24/h3-7H,8-15H2,1-2H3,(H,25,33). The Morgan fingerprint density at radius 2 is 1.09 bits per heavy atom. The molecule has 9 nitrogen and oxygen atoms in total. The Kier molecular flexibility index (Phi) is 9.06. The van der Waals surface area contributed by atoms with E-state index in [0.717, 1.165) is 0 Å². The van der Waals surface area contributed by atoms with Crippen LogP contribution in [0.4, 0.5) is 23.7 Å². The fourth-order valence-corrected chi connectivity index (χ4v) is 3.35.